The lowest BCUT2D eigenvalue weighted by molar-refractivity contribution is 0.414. The number of hydrogen-bond donors (Lipinski definition) is 0. The zero-order valence-electron chi connectivity index (χ0n) is 14.8. The second-order valence-corrected chi connectivity index (χ2v) is 7.36. The molecule has 0 saturated heterocycles. The predicted molar refractivity (Wildman–Crippen MR) is 104 cm³/mol. The van der Waals surface area contributed by atoms with Crippen LogP contribution in [0.2, 0.25) is 0 Å². The smallest absolute Gasteiger partial charge is 0.170 e. The number of methoxy groups -OCH3 is 1. The van der Waals surface area contributed by atoms with E-state index in [1.54, 1.807) is 7.11 Å². The summed E-state index contributed by atoms with van der Waals surface area (Å²) in [6, 6.07) is 16.5. The van der Waals surface area contributed by atoms with Gasteiger partial charge >= 0.3 is 0 Å². The average molecular weight is 400 g/mol. The molecule has 0 saturated carbocycles. The van der Waals surface area contributed by atoms with Crippen LogP contribution in [0.25, 0.3) is 11.3 Å². The molecule has 25 heavy (non-hydrogen) atoms. The molecule has 2 aromatic carbocycles. The maximum absolute atomic E-state index is 5.62. The third-order valence-electron chi connectivity index (χ3n) is 4.39. The molecule has 0 aliphatic heterocycles. The summed E-state index contributed by atoms with van der Waals surface area (Å²) in [5.41, 5.74) is 4.55. The van der Waals surface area contributed by atoms with E-state index < -0.39 is 0 Å². The van der Waals surface area contributed by atoms with Crippen LogP contribution < -0.4 is 4.74 Å². The van der Waals surface area contributed by atoms with Gasteiger partial charge in [0.25, 0.3) is 0 Å². The van der Waals surface area contributed by atoms with E-state index >= 15 is 0 Å². The minimum atomic E-state index is 0.487. The number of rotatable bonds is 6. The van der Waals surface area contributed by atoms with E-state index in [1.807, 2.05) is 31.2 Å². The van der Waals surface area contributed by atoms with Crippen molar-refractivity contribution in [2.75, 3.05) is 7.11 Å². The van der Waals surface area contributed by atoms with Crippen LogP contribution >= 0.6 is 15.9 Å². The van der Waals surface area contributed by atoms with E-state index in [-0.39, 0.29) is 0 Å². The third-order valence-corrected chi connectivity index (χ3v) is 4.92. The quantitative estimate of drug-likeness (QED) is 0.521. The third kappa shape index (κ3) is 4.31. The summed E-state index contributed by atoms with van der Waals surface area (Å²) in [4.78, 5) is 0. The van der Waals surface area contributed by atoms with Gasteiger partial charge < -0.3 is 9.26 Å². The number of aryl methyl sites for hydroxylation is 1. The Labute approximate surface area is 157 Å². The molecule has 130 valence electrons. The molecule has 1 unspecified atom stereocenters. The number of nitrogens with zero attached hydrogens (tertiary/aromatic N) is 1. The van der Waals surface area contributed by atoms with Crippen LogP contribution in [0.15, 0.2) is 57.5 Å². The summed E-state index contributed by atoms with van der Waals surface area (Å²) in [5.74, 6) is 2.26. The number of aromatic nitrogens is 1. The van der Waals surface area contributed by atoms with Crippen molar-refractivity contribution in [1.82, 2.24) is 5.16 Å². The fraction of sp³-hybridized carbons (Fsp3) is 0.286. The van der Waals surface area contributed by atoms with Crippen molar-refractivity contribution in [3.8, 4) is 17.1 Å². The molecule has 0 amide bonds. The van der Waals surface area contributed by atoms with Crippen molar-refractivity contribution < 1.29 is 9.26 Å². The molecule has 0 N–H and O–H groups in total. The van der Waals surface area contributed by atoms with Gasteiger partial charge in [0.05, 0.1) is 12.8 Å². The first-order valence-corrected chi connectivity index (χ1v) is 9.20. The topological polar surface area (TPSA) is 35.3 Å². The Balaban J connectivity index is 1.75. The van der Waals surface area contributed by atoms with Gasteiger partial charge in [0.2, 0.25) is 0 Å². The molecule has 0 fully saturated rings. The molecule has 0 radical (unpaired) electrons. The molecular formula is C21H22BrNO2. The van der Waals surface area contributed by atoms with Crippen LogP contribution in [0.5, 0.6) is 5.75 Å². The van der Waals surface area contributed by atoms with E-state index in [0.717, 1.165) is 40.1 Å². The van der Waals surface area contributed by atoms with Gasteiger partial charge in [-0.3, -0.25) is 0 Å². The maximum Gasteiger partial charge on any atom is 0.170 e. The maximum atomic E-state index is 5.62. The molecule has 3 aromatic rings. The molecule has 3 rings (SSSR count). The Morgan fingerprint density at radius 2 is 1.72 bits per heavy atom. The Kier molecular flexibility index (Phi) is 5.59. The van der Waals surface area contributed by atoms with Crippen LogP contribution in [0, 0.1) is 12.8 Å². The summed E-state index contributed by atoms with van der Waals surface area (Å²) in [5, 5.41) is 4.19. The van der Waals surface area contributed by atoms with E-state index in [0.29, 0.717) is 5.92 Å². The van der Waals surface area contributed by atoms with Gasteiger partial charge in [-0.2, -0.15) is 0 Å². The Morgan fingerprint density at radius 1 is 1.04 bits per heavy atom. The highest BCUT2D eigenvalue weighted by Crippen LogP contribution is 2.30. The zero-order chi connectivity index (χ0) is 17.8. The molecule has 1 atom stereocenters. The summed E-state index contributed by atoms with van der Waals surface area (Å²) < 4.78 is 11.9. The fourth-order valence-corrected chi connectivity index (χ4v) is 3.31. The van der Waals surface area contributed by atoms with Crippen molar-refractivity contribution in [2.45, 2.75) is 26.7 Å². The van der Waals surface area contributed by atoms with Crippen LogP contribution in [0.3, 0.4) is 0 Å². The van der Waals surface area contributed by atoms with E-state index in [1.165, 1.54) is 11.1 Å². The molecule has 3 nitrogen and oxygen atoms in total. The summed E-state index contributed by atoms with van der Waals surface area (Å²) in [7, 11) is 1.69. The van der Waals surface area contributed by atoms with Crippen LogP contribution in [-0.2, 0) is 12.8 Å². The van der Waals surface area contributed by atoms with Gasteiger partial charge in [-0.25, -0.2) is 0 Å². The predicted octanol–water partition coefficient (Wildman–Crippen LogP) is 5.84. The molecule has 0 aliphatic carbocycles. The summed E-state index contributed by atoms with van der Waals surface area (Å²) in [6.07, 6.45) is 1.95. The molecule has 1 aromatic heterocycles. The van der Waals surface area contributed by atoms with Crippen molar-refractivity contribution in [3.63, 3.8) is 0 Å². The van der Waals surface area contributed by atoms with Crippen LogP contribution in [0.1, 0.15) is 23.7 Å². The lowest BCUT2D eigenvalue weighted by Crippen LogP contribution is -2.05. The molecule has 0 spiro atoms. The monoisotopic (exact) mass is 399 g/mol. The standard InChI is InChI=1S/C21H22BrNO2/c1-14(12-16-4-10-19(24-3)11-5-16)13-20-15(2)23-25-21(20)17-6-8-18(22)9-7-17/h4-11,14H,12-13H2,1-3H3. The second-order valence-electron chi connectivity index (χ2n) is 6.44. The SMILES string of the molecule is COc1ccc(CC(C)Cc2c(C)noc2-c2ccc(Br)cc2)cc1. The van der Waals surface area contributed by atoms with Gasteiger partial charge in [-0.15, -0.1) is 0 Å². The van der Waals surface area contributed by atoms with Crippen LogP contribution in [-0.4, -0.2) is 12.3 Å². The van der Waals surface area contributed by atoms with Crippen molar-refractivity contribution >= 4 is 15.9 Å². The largest absolute Gasteiger partial charge is 0.497 e. The van der Waals surface area contributed by atoms with Crippen molar-refractivity contribution in [1.29, 1.82) is 0 Å². The van der Waals surface area contributed by atoms with Gasteiger partial charge in [0.15, 0.2) is 5.76 Å². The van der Waals surface area contributed by atoms with Gasteiger partial charge in [-0.1, -0.05) is 52.3 Å². The molecule has 1 heterocycles. The highest BCUT2D eigenvalue weighted by Gasteiger charge is 2.17. The highest BCUT2D eigenvalue weighted by molar-refractivity contribution is 9.10. The summed E-state index contributed by atoms with van der Waals surface area (Å²) >= 11 is 3.47. The molecule has 4 heteroatoms. The van der Waals surface area contributed by atoms with Crippen LogP contribution in [0.4, 0.5) is 0 Å². The summed E-state index contributed by atoms with van der Waals surface area (Å²) in [6.45, 7) is 4.28. The number of ether oxygens (including phenoxy) is 1. The minimum absolute atomic E-state index is 0.487. The number of hydrogen-bond acceptors (Lipinski definition) is 3. The number of benzene rings is 2. The molecular weight excluding hydrogens is 378 g/mol. The van der Waals surface area contributed by atoms with E-state index in [4.69, 9.17) is 9.26 Å². The fourth-order valence-electron chi connectivity index (χ4n) is 3.04. The van der Waals surface area contributed by atoms with Gasteiger partial charge in [0.1, 0.15) is 5.75 Å². The normalized spacial score (nSPS) is 12.2. The lowest BCUT2D eigenvalue weighted by atomic mass is 9.92. The lowest BCUT2D eigenvalue weighted by Gasteiger charge is -2.12. The Hall–Kier alpha value is -2.07. The van der Waals surface area contributed by atoms with Crippen molar-refractivity contribution in [2.24, 2.45) is 5.92 Å². The average Bonchev–Trinajstić information content (AvgIpc) is 2.97. The van der Waals surface area contributed by atoms with Gasteiger partial charge in [-0.05, 0) is 55.5 Å². The first-order chi connectivity index (χ1) is 12.1. The highest BCUT2D eigenvalue weighted by atomic mass is 79.9. The first kappa shape index (κ1) is 17.7. The first-order valence-electron chi connectivity index (χ1n) is 8.41. The van der Waals surface area contributed by atoms with E-state index in [2.05, 4.69) is 52.3 Å². The molecule has 0 bridgehead atoms. The van der Waals surface area contributed by atoms with E-state index in [9.17, 15) is 0 Å². The number of halogens is 1. The Morgan fingerprint density at radius 3 is 2.36 bits per heavy atom. The second kappa shape index (κ2) is 7.87. The van der Waals surface area contributed by atoms with Gasteiger partial charge in [0, 0.05) is 15.6 Å². The Bertz CT molecular complexity index is 822. The molecule has 0 aliphatic rings. The van der Waals surface area contributed by atoms with Crippen molar-refractivity contribution in [3.05, 3.63) is 69.8 Å². The minimum Gasteiger partial charge on any atom is -0.497 e. The zero-order valence-corrected chi connectivity index (χ0v) is 16.3.